The van der Waals surface area contributed by atoms with Gasteiger partial charge in [-0.15, -0.1) is 0 Å². The van der Waals surface area contributed by atoms with Crippen LogP contribution in [0.1, 0.15) is 20.8 Å². The molecule has 0 amide bonds. The van der Waals surface area contributed by atoms with Crippen molar-refractivity contribution in [2.45, 2.75) is 20.8 Å². The lowest BCUT2D eigenvalue weighted by atomic mass is 10.3. The number of ether oxygens (including phenoxy) is 1. The zero-order valence-electron chi connectivity index (χ0n) is 19.5. The Morgan fingerprint density at radius 2 is 1.91 bits per heavy atom. The smallest absolute Gasteiger partial charge is 0.263 e. The topological polar surface area (TPSA) is 123 Å². The summed E-state index contributed by atoms with van der Waals surface area (Å²) < 4.78 is 20.1. The number of anilines is 1. The van der Waals surface area contributed by atoms with Gasteiger partial charge in [-0.2, -0.15) is 0 Å². The van der Waals surface area contributed by atoms with Crippen LogP contribution in [0.15, 0.2) is 65.9 Å². The molecule has 1 fully saturated rings. The summed E-state index contributed by atoms with van der Waals surface area (Å²) in [5.74, 6) is 0.309. The third kappa shape index (κ3) is 10.00. The van der Waals surface area contributed by atoms with E-state index < -0.39 is 15.9 Å². The quantitative estimate of drug-likeness (QED) is 0.354. The molecule has 1 saturated heterocycles. The second-order valence-electron chi connectivity index (χ2n) is 6.23. The van der Waals surface area contributed by atoms with Gasteiger partial charge in [0.05, 0.1) is 40.3 Å². The predicted octanol–water partition coefficient (Wildman–Crippen LogP) is 3.44. The number of para-hydroxylation sites is 2. The first-order valence-corrected chi connectivity index (χ1v) is 11.7. The van der Waals surface area contributed by atoms with Gasteiger partial charge >= 0.3 is 0 Å². The SMILES string of the molecule is C=C(/C=C(\C=C/C)S(=O)Nc1cnc2ccccc2n1)[N+](=O)[O-].CC.CNN1CCOCC1. The van der Waals surface area contributed by atoms with E-state index in [4.69, 9.17) is 4.74 Å². The van der Waals surface area contributed by atoms with Crippen LogP contribution in [0.3, 0.4) is 0 Å². The molecule has 1 aromatic carbocycles. The van der Waals surface area contributed by atoms with Crippen molar-refractivity contribution >= 4 is 27.8 Å². The second kappa shape index (κ2) is 15.8. The summed E-state index contributed by atoms with van der Waals surface area (Å²) in [6, 6.07) is 7.27. The van der Waals surface area contributed by atoms with Crippen LogP contribution >= 0.6 is 0 Å². The lowest BCUT2D eigenvalue weighted by molar-refractivity contribution is -0.418. The minimum absolute atomic E-state index is 0.212. The van der Waals surface area contributed by atoms with Crippen LogP contribution in [0.25, 0.3) is 11.0 Å². The Morgan fingerprint density at radius 3 is 2.45 bits per heavy atom. The van der Waals surface area contributed by atoms with Gasteiger partial charge in [0.25, 0.3) is 5.70 Å². The number of hydrazine groups is 1. The van der Waals surface area contributed by atoms with Gasteiger partial charge in [0.1, 0.15) is 0 Å². The zero-order valence-corrected chi connectivity index (χ0v) is 20.3. The standard InChI is InChI=1S/C15H14N4O3S.C5H12N2O.C2H6/c1-3-6-12(9-11(2)19(20)21)23(22)18-15-10-16-13-7-4-5-8-14(13)17-15;1-6-7-2-4-8-5-3-7;1-2/h3-10H,2H2,1H3,(H,17,18);6H,2-5H2,1H3;1-2H3/b6-3-,12-9+;;. The van der Waals surface area contributed by atoms with Gasteiger partial charge in [-0.25, -0.2) is 14.2 Å². The van der Waals surface area contributed by atoms with Gasteiger partial charge in [-0.3, -0.25) is 25.2 Å². The number of nitrogens with zero attached hydrogens (tertiary/aromatic N) is 4. The number of hydrogen-bond donors (Lipinski definition) is 2. The van der Waals surface area contributed by atoms with E-state index in [0.717, 1.165) is 37.9 Å². The Balaban J connectivity index is 0.000000454. The highest BCUT2D eigenvalue weighted by Gasteiger charge is 2.11. The summed E-state index contributed by atoms with van der Waals surface area (Å²) in [7, 11) is 0.204. The number of hydrogen-bond acceptors (Lipinski definition) is 8. The van der Waals surface area contributed by atoms with Crippen molar-refractivity contribution in [3.05, 3.63) is 76.0 Å². The zero-order chi connectivity index (χ0) is 24.6. The van der Waals surface area contributed by atoms with E-state index in [1.807, 2.05) is 39.1 Å². The van der Waals surface area contributed by atoms with E-state index in [1.165, 1.54) is 12.3 Å². The Labute approximate surface area is 197 Å². The highest BCUT2D eigenvalue weighted by Crippen LogP contribution is 2.15. The number of nitro groups is 1. The molecule has 1 unspecified atom stereocenters. The van der Waals surface area contributed by atoms with Crippen molar-refractivity contribution in [3.63, 3.8) is 0 Å². The molecule has 10 nitrogen and oxygen atoms in total. The monoisotopic (exact) mass is 476 g/mol. The van der Waals surface area contributed by atoms with E-state index in [2.05, 4.69) is 31.7 Å². The van der Waals surface area contributed by atoms with Crippen LogP contribution < -0.4 is 10.1 Å². The third-order valence-electron chi connectivity index (χ3n) is 4.06. The minimum atomic E-state index is -1.73. The highest BCUT2D eigenvalue weighted by atomic mass is 32.2. The van der Waals surface area contributed by atoms with Gasteiger partial charge in [-0.1, -0.05) is 32.1 Å². The summed E-state index contributed by atoms with van der Waals surface area (Å²) in [4.78, 5) is 18.7. The Morgan fingerprint density at radius 1 is 1.27 bits per heavy atom. The summed E-state index contributed by atoms with van der Waals surface area (Å²) >= 11 is 0. The summed E-state index contributed by atoms with van der Waals surface area (Å²) in [6.07, 6.45) is 5.74. The van der Waals surface area contributed by atoms with Gasteiger partial charge in [-0.05, 0) is 38.8 Å². The molecule has 180 valence electrons. The Hall–Kier alpha value is -2.99. The molecule has 11 heteroatoms. The van der Waals surface area contributed by atoms with Crippen LogP contribution in [0.5, 0.6) is 0 Å². The molecule has 33 heavy (non-hydrogen) atoms. The number of allylic oxidation sites excluding steroid dienone is 3. The molecule has 1 aromatic heterocycles. The van der Waals surface area contributed by atoms with E-state index in [-0.39, 0.29) is 10.6 Å². The van der Waals surface area contributed by atoms with Crippen molar-refractivity contribution in [2.24, 2.45) is 0 Å². The van der Waals surface area contributed by atoms with Crippen molar-refractivity contribution in [1.82, 2.24) is 20.4 Å². The van der Waals surface area contributed by atoms with Crippen molar-refractivity contribution in [3.8, 4) is 0 Å². The molecule has 1 atom stereocenters. The first-order valence-electron chi connectivity index (χ1n) is 10.5. The number of benzene rings is 1. The molecule has 1 aliphatic heterocycles. The molecular formula is C22H32N6O4S. The number of morpholine rings is 1. The maximum atomic E-state index is 12.3. The lowest BCUT2D eigenvalue weighted by Gasteiger charge is -2.24. The van der Waals surface area contributed by atoms with Crippen LogP contribution in [0.4, 0.5) is 5.82 Å². The van der Waals surface area contributed by atoms with Gasteiger partial charge in [0, 0.05) is 19.2 Å². The van der Waals surface area contributed by atoms with Gasteiger partial charge < -0.3 is 4.74 Å². The highest BCUT2D eigenvalue weighted by molar-refractivity contribution is 7.90. The van der Waals surface area contributed by atoms with Crippen LogP contribution in [0.2, 0.25) is 0 Å². The van der Waals surface area contributed by atoms with Crippen molar-refractivity contribution in [2.75, 3.05) is 38.1 Å². The molecule has 1 aliphatic rings. The molecule has 3 rings (SSSR count). The van der Waals surface area contributed by atoms with Crippen LogP contribution in [-0.2, 0) is 15.7 Å². The van der Waals surface area contributed by atoms with E-state index in [9.17, 15) is 14.3 Å². The fourth-order valence-electron chi connectivity index (χ4n) is 2.49. The number of fused-ring (bicyclic) bond motifs is 1. The fourth-order valence-corrected chi connectivity index (χ4v) is 3.40. The molecule has 0 saturated carbocycles. The minimum Gasteiger partial charge on any atom is -0.379 e. The van der Waals surface area contributed by atoms with E-state index in [1.54, 1.807) is 19.1 Å². The second-order valence-corrected chi connectivity index (χ2v) is 7.45. The molecular weight excluding hydrogens is 444 g/mol. The molecule has 0 aliphatic carbocycles. The predicted molar refractivity (Wildman–Crippen MR) is 133 cm³/mol. The number of aromatic nitrogens is 2. The first kappa shape index (κ1) is 28.0. The number of nitrogens with one attached hydrogen (secondary N) is 2. The molecule has 2 heterocycles. The normalized spacial score (nSPS) is 15.1. The fraction of sp³-hybridized carbons (Fsp3) is 0.364. The van der Waals surface area contributed by atoms with E-state index >= 15 is 0 Å². The lowest BCUT2D eigenvalue weighted by Crippen LogP contribution is -2.43. The molecule has 0 bridgehead atoms. The van der Waals surface area contributed by atoms with Gasteiger partial charge in [0.15, 0.2) is 16.8 Å². The molecule has 2 N–H and O–H groups in total. The largest absolute Gasteiger partial charge is 0.379 e. The van der Waals surface area contributed by atoms with E-state index in [0.29, 0.717) is 11.3 Å². The van der Waals surface area contributed by atoms with Gasteiger partial charge in [0.2, 0.25) is 0 Å². The molecule has 0 spiro atoms. The summed E-state index contributed by atoms with van der Waals surface area (Å²) in [5.41, 5.74) is 4.08. The average Bonchev–Trinajstić information content (AvgIpc) is 2.85. The third-order valence-corrected chi connectivity index (χ3v) is 5.14. The Bertz CT molecular complexity index is 990. The van der Waals surface area contributed by atoms with Crippen molar-refractivity contribution in [1.29, 1.82) is 0 Å². The van der Waals surface area contributed by atoms with Crippen LogP contribution in [-0.4, -0.2) is 57.5 Å². The molecule has 2 aromatic rings. The first-order chi connectivity index (χ1) is 15.9. The summed E-state index contributed by atoms with van der Waals surface area (Å²) in [5, 5.41) is 12.8. The maximum Gasteiger partial charge on any atom is 0.263 e. The average molecular weight is 477 g/mol. The Kier molecular flexibility index (Phi) is 13.4. The van der Waals surface area contributed by atoms with Crippen molar-refractivity contribution < 1.29 is 13.9 Å². The number of rotatable bonds is 7. The molecule has 0 radical (unpaired) electrons. The van der Waals surface area contributed by atoms with Crippen LogP contribution in [0, 0.1) is 10.1 Å². The summed E-state index contributed by atoms with van der Waals surface area (Å²) in [6.45, 7) is 12.8. The maximum absolute atomic E-state index is 12.3.